The van der Waals surface area contributed by atoms with E-state index in [0.717, 1.165) is 43.4 Å². The average molecular weight is 353 g/mol. The summed E-state index contributed by atoms with van der Waals surface area (Å²) < 4.78 is 30.4. The molecule has 0 N–H and O–H groups in total. The highest BCUT2D eigenvalue weighted by Gasteiger charge is 2.45. The fraction of sp³-hybridized carbons (Fsp3) is 0.368. The van der Waals surface area contributed by atoms with Crippen molar-refractivity contribution in [3.05, 3.63) is 59.8 Å². The Bertz CT molecular complexity index is 948. The number of rotatable bonds is 2. The summed E-state index contributed by atoms with van der Waals surface area (Å²) in [5, 5.41) is 16.6. The third-order valence-electron chi connectivity index (χ3n) is 5.89. The number of fused-ring (bicyclic) bond motifs is 3. The van der Waals surface area contributed by atoms with Crippen molar-refractivity contribution in [2.75, 3.05) is 0 Å². The summed E-state index contributed by atoms with van der Waals surface area (Å²) in [6.07, 6.45) is 8.45. The van der Waals surface area contributed by atoms with Gasteiger partial charge in [0.05, 0.1) is 22.5 Å². The molecule has 26 heavy (non-hydrogen) atoms. The Labute approximate surface area is 149 Å². The van der Waals surface area contributed by atoms with Crippen LogP contribution in [-0.2, 0) is 5.54 Å². The van der Waals surface area contributed by atoms with E-state index in [1.165, 1.54) is 18.2 Å². The maximum atomic E-state index is 14.2. The molecule has 1 aromatic carbocycles. The number of nitrogens with zero attached hydrogens (tertiary/aromatic N) is 5. The molecule has 2 aromatic heterocycles. The van der Waals surface area contributed by atoms with Gasteiger partial charge in [0.2, 0.25) is 0 Å². The van der Waals surface area contributed by atoms with Gasteiger partial charge in [0.1, 0.15) is 24.3 Å². The van der Waals surface area contributed by atoms with Gasteiger partial charge in [0.15, 0.2) is 0 Å². The summed E-state index contributed by atoms with van der Waals surface area (Å²) in [7, 11) is 0. The molecule has 6 rings (SSSR count). The Kier molecular flexibility index (Phi) is 3.38. The minimum Gasteiger partial charge on any atom is -0.308 e. The van der Waals surface area contributed by atoms with Crippen LogP contribution in [0.5, 0.6) is 0 Å². The Hall–Kier alpha value is -2.70. The van der Waals surface area contributed by atoms with Crippen LogP contribution >= 0.6 is 0 Å². The zero-order chi connectivity index (χ0) is 17.7. The number of benzene rings is 1. The first kappa shape index (κ1) is 15.5. The maximum absolute atomic E-state index is 14.2. The Morgan fingerprint density at radius 2 is 1.77 bits per heavy atom. The predicted octanol–water partition coefficient (Wildman–Crippen LogP) is 3.82. The van der Waals surface area contributed by atoms with Crippen LogP contribution in [0, 0.1) is 11.6 Å². The first-order valence-electron chi connectivity index (χ1n) is 8.87. The molecule has 1 fully saturated rings. The number of hydrogen-bond donors (Lipinski definition) is 0. The summed E-state index contributed by atoms with van der Waals surface area (Å²) in [5.74, 6) is -0.890. The molecule has 0 amide bonds. The largest absolute Gasteiger partial charge is 0.308 e. The van der Waals surface area contributed by atoms with Gasteiger partial charge in [-0.3, -0.25) is 0 Å². The number of hydrogen-bond acceptors (Lipinski definition) is 4. The van der Waals surface area contributed by atoms with Crippen LogP contribution in [0.2, 0.25) is 0 Å². The topological polar surface area (TPSA) is 56.5 Å². The Balaban J connectivity index is 1.71. The predicted molar refractivity (Wildman–Crippen MR) is 90.3 cm³/mol. The van der Waals surface area contributed by atoms with E-state index in [1.54, 1.807) is 12.7 Å². The zero-order valence-electron chi connectivity index (χ0n) is 14.1. The monoisotopic (exact) mass is 353 g/mol. The maximum Gasteiger partial charge on any atom is 0.135 e. The highest BCUT2D eigenvalue weighted by atomic mass is 19.1. The van der Waals surface area contributed by atoms with Crippen molar-refractivity contribution in [3.63, 3.8) is 0 Å². The molecule has 3 aromatic rings. The second-order valence-electron chi connectivity index (χ2n) is 7.16. The van der Waals surface area contributed by atoms with Crippen molar-refractivity contribution in [2.24, 2.45) is 0 Å². The smallest absolute Gasteiger partial charge is 0.135 e. The first-order chi connectivity index (χ1) is 12.7. The quantitative estimate of drug-likeness (QED) is 0.703. The van der Waals surface area contributed by atoms with Gasteiger partial charge in [0.25, 0.3) is 0 Å². The van der Waals surface area contributed by atoms with Crippen molar-refractivity contribution in [2.45, 2.75) is 43.6 Å². The molecule has 0 radical (unpaired) electrons. The van der Waals surface area contributed by atoms with Gasteiger partial charge >= 0.3 is 0 Å². The van der Waals surface area contributed by atoms with E-state index < -0.39 is 11.6 Å². The molecule has 3 aliphatic rings. The summed E-state index contributed by atoms with van der Waals surface area (Å²) in [6, 6.07) is 5.68. The summed E-state index contributed by atoms with van der Waals surface area (Å²) in [5.41, 5.74) is 1.78. The summed E-state index contributed by atoms with van der Waals surface area (Å²) >= 11 is 0. The van der Waals surface area contributed by atoms with Crippen molar-refractivity contribution >= 4 is 0 Å². The third kappa shape index (κ3) is 2.12. The van der Waals surface area contributed by atoms with E-state index in [2.05, 4.69) is 20.4 Å². The SMILES string of the molecule is Fc1cccc(F)c1-c1cc2c(nn1)[C@]1(n3cnnc3)CCC[C@H]2CC1. The number of aromatic nitrogens is 5. The van der Waals surface area contributed by atoms with Crippen LogP contribution in [0.25, 0.3) is 11.3 Å². The lowest BCUT2D eigenvalue weighted by molar-refractivity contribution is 0.279. The van der Waals surface area contributed by atoms with Gasteiger partial charge in [-0.05, 0) is 55.4 Å². The highest BCUT2D eigenvalue weighted by molar-refractivity contribution is 5.62. The lowest BCUT2D eigenvalue weighted by Gasteiger charge is -2.38. The van der Waals surface area contributed by atoms with Crippen molar-refractivity contribution in [3.8, 4) is 11.3 Å². The second kappa shape index (κ2) is 5.65. The summed E-state index contributed by atoms with van der Waals surface area (Å²) in [4.78, 5) is 0. The minimum absolute atomic E-state index is 0.110. The number of halogens is 2. The van der Waals surface area contributed by atoms with Gasteiger partial charge in [0, 0.05) is 0 Å². The first-order valence-corrected chi connectivity index (χ1v) is 8.87. The van der Waals surface area contributed by atoms with Crippen molar-refractivity contribution in [1.29, 1.82) is 0 Å². The van der Waals surface area contributed by atoms with E-state index in [9.17, 15) is 8.78 Å². The average Bonchev–Trinajstić information content (AvgIpc) is 3.04. The van der Waals surface area contributed by atoms with Gasteiger partial charge in [-0.1, -0.05) is 12.5 Å². The van der Waals surface area contributed by atoms with Crippen LogP contribution in [0.3, 0.4) is 0 Å². The lowest BCUT2D eigenvalue weighted by Crippen LogP contribution is -2.38. The van der Waals surface area contributed by atoms with Crippen LogP contribution in [-0.4, -0.2) is 25.0 Å². The Morgan fingerprint density at radius 3 is 2.54 bits per heavy atom. The van der Waals surface area contributed by atoms with Gasteiger partial charge in [-0.25, -0.2) is 8.78 Å². The molecule has 7 heteroatoms. The molecule has 132 valence electrons. The molecule has 2 bridgehead atoms. The van der Waals surface area contributed by atoms with Gasteiger partial charge in [-0.2, -0.15) is 5.10 Å². The fourth-order valence-electron chi connectivity index (χ4n) is 4.62. The van der Waals surface area contributed by atoms with E-state index in [1.807, 2.05) is 10.6 Å². The van der Waals surface area contributed by atoms with Crippen LogP contribution < -0.4 is 0 Å². The molecule has 5 nitrogen and oxygen atoms in total. The molecule has 2 atom stereocenters. The Morgan fingerprint density at radius 1 is 1.00 bits per heavy atom. The van der Waals surface area contributed by atoms with Crippen LogP contribution in [0.1, 0.15) is 49.3 Å². The van der Waals surface area contributed by atoms with Crippen LogP contribution in [0.4, 0.5) is 8.78 Å². The van der Waals surface area contributed by atoms with E-state index in [0.29, 0.717) is 5.92 Å². The molecule has 1 saturated carbocycles. The minimum atomic E-state index is -0.619. The van der Waals surface area contributed by atoms with E-state index >= 15 is 0 Å². The molecule has 0 aliphatic heterocycles. The third-order valence-corrected chi connectivity index (χ3v) is 5.89. The standard InChI is InChI=1S/C19H17F2N5/c20-14-4-1-5-15(21)17(14)16-9-13-12-3-2-7-19(8-6-12,18(13)25-24-16)26-10-22-23-11-26/h1,4-5,9-12H,2-3,6-8H2/t12-,19-/m0/s1. The highest BCUT2D eigenvalue weighted by Crippen LogP contribution is 2.51. The molecular weight excluding hydrogens is 336 g/mol. The van der Waals surface area contributed by atoms with Gasteiger partial charge < -0.3 is 4.57 Å². The van der Waals surface area contributed by atoms with E-state index in [-0.39, 0.29) is 16.8 Å². The fourth-order valence-corrected chi connectivity index (χ4v) is 4.62. The molecule has 0 unspecified atom stereocenters. The molecule has 2 heterocycles. The molecule has 0 saturated heterocycles. The second-order valence-corrected chi connectivity index (χ2v) is 7.16. The van der Waals surface area contributed by atoms with Crippen LogP contribution in [0.15, 0.2) is 36.9 Å². The zero-order valence-corrected chi connectivity index (χ0v) is 14.1. The lowest BCUT2D eigenvalue weighted by atomic mass is 9.76. The molecular formula is C19H17F2N5. The molecule has 0 spiro atoms. The summed E-state index contributed by atoms with van der Waals surface area (Å²) in [6.45, 7) is 0. The normalized spacial score (nSPS) is 24.3. The van der Waals surface area contributed by atoms with Crippen molar-refractivity contribution in [1.82, 2.24) is 25.0 Å². The van der Waals surface area contributed by atoms with E-state index in [4.69, 9.17) is 0 Å². The molecule has 3 aliphatic carbocycles. The van der Waals surface area contributed by atoms with Gasteiger partial charge in [-0.15, -0.1) is 15.3 Å². The van der Waals surface area contributed by atoms with Crippen molar-refractivity contribution < 1.29 is 8.78 Å².